The number of aliphatic hydroxyl groups is 1. The Labute approximate surface area is 96.5 Å². The molecule has 0 aliphatic heterocycles. The molecule has 1 rings (SSSR count). The van der Waals surface area contributed by atoms with E-state index in [-0.39, 0.29) is 5.82 Å². The Morgan fingerprint density at radius 1 is 1.38 bits per heavy atom. The number of hydrogen-bond donors (Lipinski definition) is 2. The maximum Gasteiger partial charge on any atom is 0.123 e. The molecule has 0 fully saturated rings. The highest BCUT2D eigenvalue weighted by Gasteiger charge is 2.07. The molecular weight excluding hydrogens is 205 g/mol. The smallest absolute Gasteiger partial charge is 0.123 e. The van der Waals surface area contributed by atoms with Crippen LogP contribution in [0.2, 0.25) is 0 Å². The molecular formula is C13H20FNO. The molecule has 0 radical (unpaired) electrons. The van der Waals surface area contributed by atoms with Crippen LogP contribution in [0, 0.1) is 11.7 Å². The summed E-state index contributed by atoms with van der Waals surface area (Å²) >= 11 is 0. The van der Waals surface area contributed by atoms with Crippen molar-refractivity contribution in [3.05, 3.63) is 35.6 Å². The summed E-state index contributed by atoms with van der Waals surface area (Å²) in [6, 6.07) is 6.09. The van der Waals surface area contributed by atoms with Gasteiger partial charge in [0.05, 0.1) is 6.10 Å². The molecule has 2 nitrogen and oxygen atoms in total. The minimum absolute atomic E-state index is 0.307. The summed E-state index contributed by atoms with van der Waals surface area (Å²) in [6.07, 6.45) is 0.443. The highest BCUT2D eigenvalue weighted by Crippen LogP contribution is 2.12. The van der Waals surface area contributed by atoms with Gasteiger partial charge in [0.2, 0.25) is 0 Å². The summed E-state index contributed by atoms with van der Waals surface area (Å²) in [5.41, 5.74) is 0.622. The van der Waals surface area contributed by atoms with Crippen LogP contribution in [0.1, 0.15) is 31.9 Å². The van der Waals surface area contributed by atoms with Gasteiger partial charge in [-0.3, -0.25) is 0 Å². The molecule has 0 aliphatic rings. The first-order valence-corrected chi connectivity index (χ1v) is 5.74. The molecule has 0 saturated heterocycles. The Hall–Kier alpha value is -0.930. The molecule has 0 saturated carbocycles. The molecule has 16 heavy (non-hydrogen) atoms. The average Bonchev–Trinajstić information content (AvgIpc) is 2.24. The average molecular weight is 225 g/mol. The van der Waals surface area contributed by atoms with Crippen molar-refractivity contribution in [2.75, 3.05) is 13.1 Å². The predicted molar refractivity (Wildman–Crippen MR) is 63.7 cm³/mol. The second-order valence-electron chi connectivity index (χ2n) is 4.46. The number of halogens is 1. The summed E-state index contributed by atoms with van der Waals surface area (Å²) in [5.74, 6) is 0.345. The Morgan fingerprint density at radius 2 is 2.12 bits per heavy atom. The van der Waals surface area contributed by atoms with Crippen molar-refractivity contribution < 1.29 is 9.50 Å². The van der Waals surface area contributed by atoms with Crippen LogP contribution in [0.5, 0.6) is 0 Å². The minimum Gasteiger partial charge on any atom is -0.387 e. The lowest BCUT2D eigenvalue weighted by Gasteiger charge is -2.13. The van der Waals surface area contributed by atoms with Crippen molar-refractivity contribution in [2.24, 2.45) is 5.92 Å². The van der Waals surface area contributed by atoms with Gasteiger partial charge in [0.1, 0.15) is 5.82 Å². The number of aliphatic hydroxyl groups excluding tert-OH is 1. The van der Waals surface area contributed by atoms with E-state index in [0.717, 1.165) is 13.0 Å². The van der Waals surface area contributed by atoms with Crippen LogP contribution in [0.25, 0.3) is 0 Å². The van der Waals surface area contributed by atoms with Crippen LogP contribution in [0.15, 0.2) is 24.3 Å². The molecule has 0 bridgehead atoms. The van der Waals surface area contributed by atoms with E-state index in [1.54, 1.807) is 12.1 Å². The molecule has 3 heteroatoms. The van der Waals surface area contributed by atoms with Crippen molar-refractivity contribution in [2.45, 2.75) is 26.4 Å². The summed E-state index contributed by atoms with van der Waals surface area (Å²) in [5, 5.41) is 12.9. The molecule has 90 valence electrons. The summed E-state index contributed by atoms with van der Waals surface area (Å²) < 4.78 is 12.9. The third kappa shape index (κ3) is 4.73. The van der Waals surface area contributed by atoms with Crippen LogP contribution in [-0.4, -0.2) is 18.2 Å². The van der Waals surface area contributed by atoms with E-state index in [9.17, 15) is 9.50 Å². The lowest BCUT2D eigenvalue weighted by Crippen LogP contribution is -2.23. The third-order valence-corrected chi connectivity index (χ3v) is 2.47. The Kier molecular flexibility index (Phi) is 5.43. The van der Waals surface area contributed by atoms with Gasteiger partial charge >= 0.3 is 0 Å². The standard InChI is InChI=1S/C13H20FNO/c1-10(2)6-7-15-9-13(16)11-4-3-5-12(14)8-11/h3-5,8,10,13,15-16H,6-7,9H2,1-2H3. The number of benzene rings is 1. The summed E-state index contributed by atoms with van der Waals surface area (Å²) in [4.78, 5) is 0. The normalized spacial score (nSPS) is 13.1. The second kappa shape index (κ2) is 6.61. The Balaban J connectivity index is 2.32. The molecule has 1 aromatic rings. The lowest BCUT2D eigenvalue weighted by molar-refractivity contribution is 0.174. The van der Waals surface area contributed by atoms with Crippen molar-refractivity contribution in [3.63, 3.8) is 0 Å². The molecule has 0 amide bonds. The molecule has 1 aromatic carbocycles. The fraction of sp³-hybridized carbons (Fsp3) is 0.538. The fourth-order valence-corrected chi connectivity index (χ4v) is 1.46. The zero-order valence-electron chi connectivity index (χ0n) is 9.91. The second-order valence-corrected chi connectivity index (χ2v) is 4.46. The number of rotatable bonds is 6. The van der Waals surface area contributed by atoms with E-state index in [1.807, 2.05) is 0 Å². The van der Waals surface area contributed by atoms with Crippen LogP contribution < -0.4 is 5.32 Å². The van der Waals surface area contributed by atoms with Gasteiger partial charge in [0, 0.05) is 6.54 Å². The van der Waals surface area contributed by atoms with Crippen molar-refractivity contribution >= 4 is 0 Å². The highest BCUT2D eigenvalue weighted by atomic mass is 19.1. The molecule has 2 N–H and O–H groups in total. The first-order valence-electron chi connectivity index (χ1n) is 5.74. The van der Waals surface area contributed by atoms with Crippen molar-refractivity contribution in [3.8, 4) is 0 Å². The fourth-order valence-electron chi connectivity index (χ4n) is 1.46. The van der Waals surface area contributed by atoms with Crippen molar-refractivity contribution in [1.29, 1.82) is 0 Å². The third-order valence-electron chi connectivity index (χ3n) is 2.47. The topological polar surface area (TPSA) is 32.3 Å². The zero-order valence-corrected chi connectivity index (χ0v) is 9.91. The minimum atomic E-state index is -0.636. The van der Waals surface area contributed by atoms with Gasteiger partial charge in [-0.05, 0) is 36.6 Å². The highest BCUT2D eigenvalue weighted by molar-refractivity contribution is 5.18. The first-order chi connectivity index (χ1) is 7.59. The largest absolute Gasteiger partial charge is 0.387 e. The van der Waals surface area contributed by atoms with Gasteiger partial charge in [0.25, 0.3) is 0 Å². The van der Waals surface area contributed by atoms with Gasteiger partial charge in [-0.2, -0.15) is 0 Å². The molecule has 0 spiro atoms. The van der Waals surface area contributed by atoms with E-state index in [1.165, 1.54) is 12.1 Å². The number of hydrogen-bond acceptors (Lipinski definition) is 2. The van der Waals surface area contributed by atoms with E-state index < -0.39 is 6.10 Å². The Bertz CT molecular complexity index is 315. The maximum atomic E-state index is 12.9. The number of nitrogens with one attached hydrogen (secondary N) is 1. The van der Waals surface area contributed by atoms with Gasteiger partial charge in [-0.15, -0.1) is 0 Å². The van der Waals surface area contributed by atoms with Crippen molar-refractivity contribution in [1.82, 2.24) is 5.32 Å². The van der Waals surface area contributed by atoms with Gasteiger partial charge < -0.3 is 10.4 Å². The summed E-state index contributed by atoms with van der Waals surface area (Å²) in [6.45, 7) is 5.66. The van der Waals surface area contributed by atoms with E-state index in [2.05, 4.69) is 19.2 Å². The van der Waals surface area contributed by atoms with Crippen LogP contribution >= 0.6 is 0 Å². The van der Waals surface area contributed by atoms with Gasteiger partial charge in [-0.25, -0.2) is 4.39 Å². The monoisotopic (exact) mass is 225 g/mol. The van der Waals surface area contributed by atoms with Gasteiger partial charge in [0.15, 0.2) is 0 Å². The van der Waals surface area contributed by atoms with E-state index >= 15 is 0 Å². The van der Waals surface area contributed by atoms with Crippen LogP contribution in [-0.2, 0) is 0 Å². The molecule has 0 aliphatic carbocycles. The Morgan fingerprint density at radius 3 is 2.75 bits per heavy atom. The van der Waals surface area contributed by atoms with E-state index in [4.69, 9.17) is 0 Å². The van der Waals surface area contributed by atoms with E-state index in [0.29, 0.717) is 18.0 Å². The van der Waals surface area contributed by atoms with Crippen LogP contribution in [0.4, 0.5) is 4.39 Å². The quantitative estimate of drug-likeness (QED) is 0.729. The zero-order chi connectivity index (χ0) is 12.0. The van der Waals surface area contributed by atoms with Crippen LogP contribution in [0.3, 0.4) is 0 Å². The summed E-state index contributed by atoms with van der Waals surface area (Å²) in [7, 11) is 0. The van der Waals surface area contributed by atoms with Gasteiger partial charge in [-0.1, -0.05) is 26.0 Å². The molecule has 1 atom stereocenters. The SMILES string of the molecule is CC(C)CCNCC(O)c1cccc(F)c1. The first kappa shape index (κ1) is 13.1. The molecule has 0 heterocycles. The lowest BCUT2D eigenvalue weighted by atomic mass is 10.1. The molecule has 0 aromatic heterocycles. The molecule has 1 unspecified atom stereocenters. The predicted octanol–water partition coefficient (Wildman–Crippen LogP) is 2.49. The maximum absolute atomic E-state index is 12.9.